The zero-order chi connectivity index (χ0) is 10.8. The first-order valence-corrected chi connectivity index (χ1v) is 4.94. The molecule has 0 aliphatic heterocycles. The highest BCUT2D eigenvalue weighted by atomic mass is 35.5. The topological polar surface area (TPSA) is 20.2 Å². The molecule has 1 N–H and O–H groups in total. The van der Waals surface area contributed by atoms with E-state index in [9.17, 15) is 0 Å². The predicted octanol–water partition coefficient (Wildman–Crippen LogP) is 4.10. The SMILES string of the molecule is CC(C)(C)/C=C/c1ccc(O)cc1Cl. The fourth-order valence-corrected chi connectivity index (χ4v) is 1.23. The van der Waals surface area contributed by atoms with Gasteiger partial charge in [-0.1, -0.05) is 44.5 Å². The minimum Gasteiger partial charge on any atom is -0.508 e. The van der Waals surface area contributed by atoms with Gasteiger partial charge in [0.05, 0.1) is 5.02 Å². The van der Waals surface area contributed by atoms with Crippen LogP contribution in [0.25, 0.3) is 6.08 Å². The molecule has 0 saturated carbocycles. The van der Waals surface area contributed by atoms with Crippen molar-refractivity contribution in [1.82, 2.24) is 0 Å². The average molecular weight is 211 g/mol. The summed E-state index contributed by atoms with van der Waals surface area (Å²) >= 11 is 5.95. The third-order valence-corrected chi connectivity index (χ3v) is 2.07. The molecular formula is C12H15ClO. The van der Waals surface area contributed by atoms with Crippen LogP contribution in [0.3, 0.4) is 0 Å². The van der Waals surface area contributed by atoms with Crippen molar-refractivity contribution in [3.63, 3.8) is 0 Å². The Morgan fingerprint density at radius 2 is 1.93 bits per heavy atom. The molecule has 0 radical (unpaired) electrons. The van der Waals surface area contributed by atoms with Gasteiger partial charge < -0.3 is 5.11 Å². The van der Waals surface area contributed by atoms with Crippen LogP contribution in [0, 0.1) is 5.41 Å². The van der Waals surface area contributed by atoms with Gasteiger partial charge in [0.25, 0.3) is 0 Å². The van der Waals surface area contributed by atoms with E-state index in [1.54, 1.807) is 18.2 Å². The zero-order valence-electron chi connectivity index (χ0n) is 8.71. The summed E-state index contributed by atoms with van der Waals surface area (Å²) in [5.41, 5.74) is 1.07. The Kier molecular flexibility index (Phi) is 3.22. The quantitative estimate of drug-likeness (QED) is 0.740. The molecule has 1 nitrogen and oxygen atoms in total. The van der Waals surface area contributed by atoms with Crippen LogP contribution >= 0.6 is 11.6 Å². The molecule has 0 aliphatic carbocycles. The van der Waals surface area contributed by atoms with Crippen molar-refractivity contribution < 1.29 is 5.11 Å². The first kappa shape index (κ1) is 11.1. The fourth-order valence-electron chi connectivity index (χ4n) is 0.991. The molecule has 1 rings (SSSR count). The van der Waals surface area contributed by atoms with Gasteiger partial charge in [-0.15, -0.1) is 0 Å². The maximum atomic E-state index is 9.16. The molecule has 0 fully saturated rings. The molecule has 2 heteroatoms. The number of benzene rings is 1. The highest BCUT2D eigenvalue weighted by Gasteiger charge is 2.04. The van der Waals surface area contributed by atoms with E-state index in [0.29, 0.717) is 5.02 Å². The van der Waals surface area contributed by atoms with Gasteiger partial charge in [0.2, 0.25) is 0 Å². The highest BCUT2D eigenvalue weighted by molar-refractivity contribution is 6.32. The van der Waals surface area contributed by atoms with E-state index in [1.165, 1.54) is 0 Å². The summed E-state index contributed by atoms with van der Waals surface area (Å²) in [6, 6.07) is 4.98. The largest absolute Gasteiger partial charge is 0.508 e. The number of phenols is 1. The number of halogens is 1. The minimum absolute atomic E-state index is 0.140. The van der Waals surface area contributed by atoms with Gasteiger partial charge >= 0.3 is 0 Å². The molecule has 0 aliphatic rings. The van der Waals surface area contributed by atoms with E-state index in [-0.39, 0.29) is 11.2 Å². The molecule has 1 aromatic rings. The first-order chi connectivity index (χ1) is 6.38. The van der Waals surface area contributed by atoms with Crippen molar-refractivity contribution in [1.29, 1.82) is 0 Å². The molecule has 1 aromatic carbocycles. The Bertz CT molecular complexity index is 348. The normalized spacial score (nSPS) is 12.3. The van der Waals surface area contributed by atoms with Crippen LogP contribution in [-0.2, 0) is 0 Å². The Balaban J connectivity index is 2.93. The van der Waals surface area contributed by atoms with Crippen LogP contribution < -0.4 is 0 Å². The van der Waals surface area contributed by atoms with E-state index in [4.69, 9.17) is 16.7 Å². The molecule has 0 atom stereocenters. The summed E-state index contributed by atoms with van der Waals surface area (Å²) in [4.78, 5) is 0. The van der Waals surface area contributed by atoms with Crippen LogP contribution in [0.2, 0.25) is 5.02 Å². The van der Waals surface area contributed by atoms with Gasteiger partial charge in [-0.2, -0.15) is 0 Å². The lowest BCUT2D eigenvalue weighted by Crippen LogP contribution is -1.97. The monoisotopic (exact) mass is 210 g/mol. The Morgan fingerprint density at radius 3 is 2.43 bits per heavy atom. The van der Waals surface area contributed by atoms with E-state index in [2.05, 4.69) is 26.8 Å². The third-order valence-electron chi connectivity index (χ3n) is 1.75. The summed E-state index contributed by atoms with van der Waals surface area (Å²) in [5.74, 6) is 0.197. The third kappa shape index (κ3) is 3.43. The summed E-state index contributed by atoms with van der Waals surface area (Å²) in [6.45, 7) is 6.37. The van der Waals surface area contributed by atoms with Crippen molar-refractivity contribution in [3.8, 4) is 5.75 Å². The van der Waals surface area contributed by atoms with Crippen LogP contribution in [0.15, 0.2) is 24.3 Å². The van der Waals surface area contributed by atoms with Crippen LogP contribution in [-0.4, -0.2) is 5.11 Å². The molecule has 0 aromatic heterocycles. The van der Waals surface area contributed by atoms with Gasteiger partial charge in [0.15, 0.2) is 0 Å². The standard InChI is InChI=1S/C12H15ClO/c1-12(2,3)7-6-9-4-5-10(14)8-11(9)13/h4-8,14H,1-3H3/b7-6+. The van der Waals surface area contributed by atoms with Crippen LogP contribution in [0.5, 0.6) is 5.75 Å². The van der Waals surface area contributed by atoms with Crippen molar-refractivity contribution in [2.24, 2.45) is 5.41 Å². The predicted molar refractivity (Wildman–Crippen MR) is 61.6 cm³/mol. The molecule has 14 heavy (non-hydrogen) atoms. The second kappa shape index (κ2) is 4.05. The molecular weight excluding hydrogens is 196 g/mol. The van der Waals surface area contributed by atoms with Gasteiger partial charge in [-0.3, -0.25) is 0 Å². The fraction of sp³-hybridized carbons (Fsp3) is 0.333. The molecule has 0 bridgehead atoms. The second-order valence-corrected chi connectivity index (χ2v) is 4.81. The maximum absolute atomic E-state index is 9.16. The van der Waals surface area contributed by atoms with Gasteiger partial charge in [0, 0.05) is 0 Å². The van der Waals surface area contributed by atoms with Gasteiger partial charge in [-0.25, -0.2) is 0 Å². The van der Waals surface area contributed by atoms with Crippen molar-refractivity contribution >= 4 is 17.7 Å². The Labute approximate surface area is 90.0 Å². The van der Waals surface area contributed by atoms with Crippen LogP contribution in [0.1, 0.15) is 26.3 Å². The molecule has 0 amide bonds. The lowest BCUT2D eigenvalue weighted by atomic mass is 9.95. The lowest BCUT2D eigenvalue weighted by molar-refractivity contribution is 0.475. The van der Waals surface area contributed by atoms with Crippen molar-refractivity contribution in [3.05, 3.63) is 34.9 Å². The summed E-state index contributed by atoms with van der Waals surface area (Å²) < 4.78 is 0. The van der Waals surface area contributed by atoms with Crippen molar-refractivity contribution in [2.75, 3.05) is 0 Å². The Hall–Kier alpha value is -0.950. The average Bonchev–Trinajstić information content (AvgIpc) is 2.00. The number of hydrogen-bond donors (Lipinski definition) is 1. The van der Waals surface area contributed by atoms with E-state index in [0.717, 1.165) is 5.56 Å². The number of rotatable bonds is 1. The number of allylic oxidation sites excluding steroid dienone is 1. The second-order valence-electron chi connectivity index (χ2n) is 4.41. The van der Waals surface area contributed by atoms with Gasteiger partial charge in [-0.05, 0) is 29.2 Å². The summed E-state index contributed by atoms with van der Waals surface area (Å²) in [6.07, 6.45) is 4.06. The number of phenolic OH excluding ortho intramolecular Hbond substituents is 1. The number of hydrogen-bond acceptors (Lipinski definition) is 1. The van der Waals surface area contributed by atoms with E-state index < -0.39 is 0 Å². The molecule has 0 saturated heterocycles. The van der Waals surface area contributed by atoms with Crippen molar-refractivity contribution in [2.45, 2.75) is 20.8 Å². The summed E-state index contributed by atoms with van der Waals surface area (Å²) in [7, 11) is 0. The lowest BCUT2D eigenvalue weighted by Gasteiger charge is -2.11. The first-order valence-electron chi connectivity index (χ1n) is 4.56. The zero-order valence-corrected chi connectivity index (χ0v) is 9.47. The highest BCUT2D eigenvalue weighted by Crippen LogP contribution is 2.24. The Morgan fingerprint density at radius 1 is 1.29 bits per heavy atom. The summed E-state index contributed by atoms with van der Waals surface area (Å²) in [5, 5.41) is 9.73. The van der Waals surface area contributed by atoms with E-state index >= 15 is 0 Å². The van der Waals surface area contributed by atoms with E-state index in [1.807, 2.05) is 6.08 Å². The smallest absolute Gasteiger partial charge is 0.117 e. The molecule has 0 heterocycles. The van der Waals surface area contributed by atoms with Gasteiger partial charge in [0.1, 0.15) is 5.75 Å². The number of aromatic hydroxyl groups is 1. The molecule has 0 unspecified atom stereocenters. The molecule has 0 spiro atoms. The van der Waals surface area contributed by atoms with Crippen LogP contribution in [0.4, 0.5) is 0 Å². The molecule has 76 valence electrons. The maximum Gasteiger partial charge on any atom is 0.117 e. The minimum atomic E-state index is 0.140.